The Morgan fingerprint density at radius 1 is 1.21 bits per heavy atom. The number of amides is 1. The van der Waals surface area contributed by atoms with Gasteiger partial charge in [-0.25, -0.2) is 4.79 Å². The van der Waals surface area contributed by atoms with Crippen LogP contribution in [0.25, 0.3) is 11.1 Å². The maximum atomic E-state index is 12.7. The van der Waals surface area contributed by atoms with Gasteiger partial charge in [-0.3, -0.25) is 9.78 Å². The largest absolute Gasteiger partial charge is 0.508 e. The van der Waals surface area contributed by atoms with Crippen LogP contribution in [-0.2, 0) is 11.2 Å². The fourth-order valence-electron chi connectivity index (χ4n) is 3.74. The number of fused-ring (bicyclic) bond motifs is 1. The van der Waals surface area contributed by atoms with Gasteiger partial charge in [0.1, 0.15) is 5.75 Å². The predicted molar refractivity (Wildman–Crippen MR) is 105 cm³/mol. The summed E-state index contributed by atoms with van der Waals surface area (Å²) >= 11 is 0. The minimum absolute atomic E-state index is 0.113. The fraction of sp³-hybridized carbons (Fsp3) is 0.333. The van der Waals surface area contributed by atoms with E-state index in [2.05, 4.69) is 15.2 Å². The molecular formula is C21H23N3O4. The highest BCUT2D eigenvalue weighted by Crippen LogP contribution is 2.22. The number of phenolic OH excluding ortho intramolecular Hbond substituents is 1. The van der Waals surface area contributed by atoms with E-state index in [-0.39, 0.29) is 24.1 Å². The normalized spacial score (nSPS) is 15.7. The number of H-pyrrole nitrogens is 1. The third-order valence-corrected chi connectivity index (χ3v) is 5.10. The molecule has 0 spiro atoms. The van der Waals surface area contributed by atoms with Gasteiger partial charge in [-0.1, -0.05) is 18.2 Å². The highest BCUT2D eigenvalue weighted by molar-refractivity contribution is 5.81. The molecule has 3 aromatic rings. The van der Waals surface area contributed by atoms with Crippen molar-refractivity contribution in [3.8, 4) is 5.75 Å². The second-order valence-electron chi connectivity index (χ2n) is 7.24. The standard InChI is InChI=1S/C21H23N3O4/c25-16-5-3-4-15(12-16)18(13-24-8-1-2-9-24)22-20(26)11-14-6-7-19-17(10-14)23-21(27)28-19/h3-7,10,12,18,25H,1-2,8-9,11,13H2,(H,22,26)(H,23,27). The molecule has 0 aliphatic carbocycles. The molecule has 0 radical (unpaired) electrons. The Kier molecular flexibility index (Phi) is 5.16. The molecule has 1 aliphatic heterocycles. The molecule has 1 saturated heterocycles. The summed E-state index contributed by atoms with van der Waals surface area (Å²) in [4.78, 5) is 28.9. The highest BCUT2D eigenvalue weighted by Gasteiger charge is 2.21. The first-order chi connectivity index (χ1) is 13.6. The number of carbonyl (C=O) groups excluding carboxylic acids is 1. The van der Waals surface area contributed by atoms with Crippen LogP contribution in [0.3, 0.4) is 0 Å². The lowest BCUT2D eigenvalue weighted by Crippen LogP contribution is -2.37. The molecule has 146 valence electrons. The molecule has 1 aromatic heterocycles. The van der Waals surface area contributed by atoms with Crippen LogP contribution in [0.4, 0.5) is 0 Å². The van der Waals surface area contributed by atoms with Gasteiger partial charge in [0.05, 0.1) is 18.0 Å². The Bertz CT molecular complexity index is 1030. The number of benzene rings is 2. The monoisotopic (exact) mass is 381 g/mol. The molecule has 1 aliphatic rings. The maximum Gasteiger partial charge on any atom is 0.417 e. The number of carbonyl (C=O) groups is 1. The molecule has 1 unspecified atom stereocenters. The summed E-state index contributed by atoms with van der Waals surface area (Å²) in [5.41, 5.74) is 2.73. The van der Waals surface area contributed by atoms with E-state index in [4.69, 9.17) is 4.42 Å². The Morgan fingerprint density at radius 2 is 2.04 bits per heavy atom. The number of aromatic hydroxyl groups is 1. The number of oxazole rings is 1. The molecule has 3 N–H and O–H groups in total. The Labute approximate surface area is 162 Å². The molecule has 2 heterocycles. The van der Waals surface area contributed by atoms with Gasteiger partial charge >= 0.3 is 5.76 Å². The van der Waals surface area contributed by atoms with Crippen molar-refractivity contribution in [1.29, 1.82) is 0 Å². The zero-order chi connectivity index (χ0) is 19.5. The Morgan fingerprint density at radius 3 is 2.82 bits per heavy atom. The molecule has 2 aromatic carbocycles. The topological polar surface area (TPSA) is 98.6 Å². The quantitative estimate of drug-likeness (QED) is 0.609. The van der Waals surface area contributed by atoms with Crippen LogP contribution in [0.15, 0.2) is 51.7 Å². The lowest BCUT2D eigenvalue weighted by atomic mass is 10.0. The van der Waals surface area contributed by atoms with Crippen LogP contribution < -0.4 is 11.1 Å². The van der Waals surface area contributed by atoms with Gasteiger partial charge < -0.3 is 19.7 Å². The molecule has 28 heavy (non-hydrogen) atoms. The van der Waals surface area contributed by atoms with Crippen molar-refractivity contribution in [3.05, 3.63) is 64.1 Å². The van der Waals surface area contributed by atoms with Crippen LogP contribution >= 0.6 is 0 Å². The van der Waals surface area contributed by atoms with E-state index in [0.29, 0.717) is 17.6 Å². The minimum atomic E-state index is -0.508. The first kappa shape index (κ1) is 18.3. The molecular weight excluding hydrogens is 358 g/mol. The van der Waals surface area contributed by atoms with Crippen molar-refractivity contribution < 1.29 is 14.3 Å². The molecule has 0 bridgehead atoms. The highest BCUT2D eigenvalue weighted by atomic mass is 16.4. The van der Waals surface area contributed by atoms with Crippen LogP contribution in [-0.4, -0.2) is 40.5 Å². The SMILES string of the molecule is O=C(Cc1ccc2oc(=O)[nH]c2c1)NC(CN1CCCC1)c1cccc(O)c1. The maximum absolute atomic E-state index is 12.7. The van der Waals surface area contributed by atoms with Crippen molar-refractivity contribution in [2.75, 3.05) is 19.6 Å². The number of aromatic nitrogens is 1. The van der Waals surface area contributed by atoms with E-state index in [1.54, 1.807) is 36.4 Å². The predicted octanol–water partition coefficient (Wildman–Crippen LogP) is 2.32. The van der Waals surface area contributed by atoms with Crippen LogP contribution in [0.2, 0.25) is 0 Å². The number of aromatic amines is 1. The Hall–Kier alpha value is -3.06. The Balaban J connectivity index is 1.49. The average molecular weight is 381 g/mol. The third kappa shape index (κ3) is 4.26. The molecule has 7 nitrogen and oxygen atoms in total. The van der Waals surface area contributed by atoms with Crippen LogP contribution in [0.5, 0.6) is 5.75 Å². The molecule has 1 amide bonds. The lowest BCUT2D eigenvalue weighted by Gasteiger charge is -2.25. The number of likely N-dealkylation sites (tertiary alicyclic amines) is 1. The first-order valence-corrected chi connectivity index (χ1v) is 9.49. The van der Waals surface area contributed by atoms with Crippen LogP contribution in [0, 0.1) is 0 Å². The molecule has 7 heteroatoms. The second-order valence-corrected chi connectivity index (χ2v) is 7.24. The third-order valence-electron chi connectivity index (χ3n) is 5.10. The van der Waals surface area contributed by atoms with Gasteiger partial charge in [0.15, 0.2) is 5.58 Å². The zero-order valence-electron chi connectivity index (χ0n) is 15.5. The van der Waals surface area contributed by atoms with Crippen molar-refractivity contribution >= 4 is 17.0 Å². The number of nitrogens with zero attached hydrogens (tertiary/aromatic N) is 1. The van der Waals surface area contributed by atoms with Gasteiger partial charge in [0.25, 0.3) is 0 Å². The summed E-state index contributed by atoms with van der Waals surface area (Å²) in [7, 11) is 0. The smallest absolute Gasteiger partial charge is 0.417 e. The van der Waals surface area contributed by atoms with Crippen molar-refractivity contribution in [2.45, 2.75) is 25.3 Å². The number of nitrogens with one attached hydrogen (secondary N) is 2. The van der Waals surface area contributed by atoms with E-state index in [1.807, 2.05) is 6.07 Å². The molecule has 1 fully saturated rings. The fourth-order valence-corrected chi connectivity index (χ4v) is 3.74. The van der Waals surface area contributed by atoms with Gasteiger partial charge in [0.2, 0.25) is 5.91 Å². The molecule has 4 rings (SSSR count). The van der Waals surface area contributed by atoms with Gasteiger partial charge in [-0.2, -0.15) is 0 Å². The van der Waals surface area contributed by atoms with Gasteiger partial charge in [0, 0.05) is 6.54 Å². The van der Waals surface area contributed by atoms with Gasteiger partial charge in [-0.15, -0.1) is 0 Å². The second kappa shape index (κ2) is 7.90. The summed E-state index contributed by atoms with van der Waals surface area (Å²) in [6, 6.07) is 12.1. The lowest BCUT2D eigenvalue weighted by molar-refractivity contribution is -0.121. The van der Waals surface area contributed by atoms with Crippen molar-refractivity contribution in [3.63, 3.8) is 0 Å². The minimum Gasteiger partial charge on any atom is -0.508 e. The summed E-state index contributed by atoms with van der Waals surface area (Å²) in [5, 5.41) is 12.9. The average Bonchev–Trinajstić information content (AvgIpc) is 3.29. The summed E-state index contributed by atoms with van der Waals surface area (Å²) in [6.45, 7) is 2.76. The van der Waals surface area contributed by atoms with E-state index in [1.165, 1.54) is 12.8 Å². The summed E-state index contributed by atoms with van der Waals surface area (Å²) < 4.78 is 4.99. The molecule has 1 atom stereocenters. The zero-order valence-corrected chi connectivity index (χ0v) is 15.5. The van der Waals surface area contributed by atoms with E-state index < -0.39 is 5.76 Å². The van der Waals surface area contributed by atoms with E-state index >= 15 is 0 Å². The number of phenols is 1. The van der Waals surface area contributed by atoms with E-state index in [0.717, 1.165) is 24.2 Å². The van der Waals surface area contributed by atoms with Crippen molar-refractivity contribution in [1.82, 2.24) is 15.2 Å². The van der Waals surface area contributed by atoms with E-state index in [9.17, 15) is 14.7 Å². The number of hydrogen-bond donors (Lipinski definition) is 3. The number of rotatable bonds is 6. The first-order valence-electron chi connectivity index (χ1n) is 9.49. The van der Waals surface area contributed by atoms with Gasteiger partial charge in [-0.05, 0) is 61.3 Å². The number of hydrogen-bond acceptors (Lipinski definition) is 5. The molecule has 0 saturated carbocycles. The summed E-state index contributed by atoms with van der Waals surface area (Å²) in [6.07, 6.45) is 2.53. The van der Waals surface area contributed by atoms with Crippen molar-refractivity contribution in [2.24, 2.45) is 0 Å². The van der Waals surface area contributed by atoms with Crippen LogP contribution in [0.1, 0.15) is 30.0 Å². The summed E-state index contributed by atoms with van der Waals surface area (Å²) in [5.74, 6) is -0.434.